The number of benzene rings is 4. The topological polar surface area (TPSA) is 67.4 Å². The van der Waals surface area contributed by atoms with Crippen LogP contribution in [0, 0.1) is 13.8 Å². The zero-order chi connectivity index (χ0) is 37.2. The first-order chi connectivity index (χ1) is 25.7. The molecule has 0 atom stereocenters. The second kappa shape index (κ2) is 17.9. The molecule has 0 saturated carbocycles. The van der Waals surface area contributed by atoms with Crippen molar-refractivity contribution in [2.24, 2.45) is 0 Å². The minimum atomic E-state index is -0.00662. The summed E-state index contributed by atoms with van der Waals surface area (Å²) in [5.74, 6) is 2.47. The minimum absolute atomic E-state index is 0.00662. The molecule has 5 aromatic rings. The van der Waals surface area contributed by atoms with E-state index in [0.717, 1.165) is 54.2 Å². The number of halogens is 1. The van der Waals surface area contributed by atoms with Crippen molar-refractivity contribution in [3.8, 4) is 23.1 Å². The summed E-state index contributed by atoms with van der Waals surface area (Å²) in [7, 11) is 4.06. The number of carbonyl (C=O) groups excluding carboxylic acids is 1. The fraction of sp³-hybridized carbons (Fsp3) is 0.273. The van der Waals surface area contributed by atoms with Crippen molar-refractivity contribution >= 4 is 29.3 Å². The van der Waals surface area contributed by atoms with Crippen molar-refractivity contribution < 1.29 is 19.0 Å². The fourth-order valence-corrected chi connectivity index (χ4v) is 6.36. The van der Waals surface area contributed by atoms with Crippen LogP contribution in [-0.4, -0.2) is 67.6 Å². The van der Waals surface area contributed by atoms with Crippen molar-refractivity contribution in [2.75, 3.05) is 51.8 Å². The minimum Gasteiger partial charge on any atom is -0.493 e. The van der Waals surface area contributed by atoms with E-state index in [0.29, 0.717) is 48.7 Å². The number of rotatable bonds is 14. The van der Waals surface area contributed by atoms with Gasteiger partial charge in [-0.25, -0.2) is 4.98 Å². The van der Waals surface area contributed by atoms with Gasteiger partial charge in [0.2, 0.25) is 11.8 Å². The smallest absolute Gasteiger partial charge is 0.246 e. The summed E-state index contributed by atoms with van der Waals surface area (Å²) in [4.78, 5) is 23.8. The number of nitrogens with zero attached hydrogens (tertiary/aromatic N) is 4. The Morgan fingerprint density at radius 3 is 2.15 bits per heavy atom. The predicted molar refractivity (Wildman–Crippen MR) is 213 cm³/mol. The van der Waals surface area contributed by atoms with E-state index in [-0.39, 0.29) is 5.91 Å². The number of ether oxygens (including phenoxy) is 3. The van der Waals surface area contributed by atoms with Crippen molar-refractivity contribution in [3.05, 3.63) is 148 Å². The Morgan fingerprint density at radius 2 is 1.49 bits per heavy atom. The molecular formula is C44H47ClN4O4. The zero-order valence-electron chi connectivity index (χ0n) is 30.9. The Balaban J connectivity index is 0.922. The number of anilines is 1. The van der Waals surface area contributed by atoms with Gasteiger partial charge in [-0.3, -0.25) is 9.69 Å². The van der Waals surface area contributed by atoms with Crippen LogP contribution in [0.15, 0.2) is 109 Å². The molecule has 0 aliphatic carbocycles. The van der Waals surface area contributed by atoms with E-state index >= 15 is 0 Å². The SMILES string of the molecule is Cc1ccc(COc2ccc(Oc3c(C)cc(/C=C/C(=O)N4CCN(Cc5ccc(CCOc6ccc(N(C)C)cc6)cc5)CC4)cc3Cl)nc2)cc1. The molecule has 1 aliphatic heterocycles. The van der Waals surface area contributed by atoms with Crippen LogP contribution in [0.3, 0.4) is 0 Å². The van der Waals surface area contributed by atoms with E-state index in [9.17, 15) is 4.79 Å². The number of pyridine rings is 1. The molecule has 1 aliphatic rings. The van der Waals surface area contributed by atoms with E-state index in [1.54, 1.807) is 24.4 Å². The van der Waals surface area contributed by atoms with Gasteiger partial charge in [0.25, 0.3) is 0 Å². The van der Waals surface area contributed by atoms with Crippen LogP contribution in [-0.2, 0) is 24.4 Å². The summed E-state index contributed by atoms with van der Waals surface area (Å²) in [5, 5.41) is 0.444. The van der Waals surface area contributed by atoms with Crippen molar-refractivity contribution in [3.63, 3.8) is 0 Å². The molecule has 0 N–H and O–H groups in total. The highest BCUT2D eigenvalue weighted by Crippen LogP contribution is 2.34. The van der Waals surface area contributed by atoms with E-state index < -0.39 is 0 Å². The first-order valence-electron chi connectivity index (χ1n) is 18.0. The molecule has 1 saturated heterocycles. The van der Waals surface area contributed by atoms with Gasteiger partial charge in [-0.05, 0) is 90.2 Å². The van der Waals surface area contributed by atoms with Crippen LogP contribution in [0.1, 0.15) is 33.4 Å². The summed E-state index contributed by atoms with van der Waals surface area (Å²) in [6.07, 6.45) is 5.92. The number of amides is 1. The van der Waals surface area contributed by atoms with E-state index in [4.69, 9.17) is 25.8 Å². The number of hydrogen-bond acceptors (Lipinski definition) is 7. The Labute approximate surface area is 318 Å². The van der Waals surface area contributed by atoms with Gasteiger partial charge >= 0.3 is 0 Å². The number of aromatic nitrogens is 1. The lowest BCUT2D eigenvalue weighted by molar-refractivity contribution is -0.127. The lowest BCUT2D eigenvalue weighted by atomic mass is 10.1. The molecule has 1 amide bonds. The fourth-order valence-electron chi connectivity index (χ4n) is 6.05. The van der Waals surface area contributed by atoms with E-state index in [1.165, 1.54) is 16.7 Å². The average Bonchev–Trinajstić information content (AvgIpc) is 3.17. The monoisotopic (exact) mass is 730 g/mol. The summed E-state index contributed by atoms with van der Waals surface area (Å²) in [6, 6.07) is 32.5. The van der Waals surface area contributed by atoms with Crippen molar-refractivity contribution in [2.45, 2.75) is 33.4 Å². The molecule has 274 valence electrons. The number of hydrogen-bond donors (Lipinski definition) is 0. The van der Waals surface area contributed by atoms with Gasteiger partial charge < -0.3 is 24.0 Å². The highest BCUT2D eigenvalue weighted by molar-refractivity contribution is 6.32. The van der Waals surface area contributed by atoms with Crippen molar-refractivity contribution in [1.82, 2.24) is 14.8 Å². The summed E-state index contributed by atoms with van der Waals surface area (Å²) < 4.78 is 17.8. The maximum absolute atomic E-state index is 13.1. The van der Waals surface area contributed by atoms with Gasteiger partial charge in [0.15, 0.2) is 5.75 Å². The lowest BCUT2D eigenvalue weighted by Crippen LogP contribution is -2.47. The van der Waals surface area contributed by atoms with E-state index in [1.807, 2.05) is 56.3 Å². The third-order valence-corrected chi connectivity index (χ3v) is 9.52. The third-order valence-electron chi connectivity index (χ3n) is 9.24. The lowest BCUT2D eigenvalue weighted by Gasteiger charge is -2.34. The first-order valence-corrected chi connectivity index (χ1v) is 18.4. The molecule has 6 rings (SSSR count). The normalized spacial score (nSPS) is 13.3. The average molecular weight is 731 g/mol. The van der Waals surface area contributed by atoms with Crippen LogP contribution in [0.5, 0.6) is 23.1 Å². The molecule has 4 aromatic carbocycles. The highest BCUT2D eigenvalue weighted by atomic mass is 35.5. The quantitative estimate of drug-likeness (QED) is 0.106. The molecule has 1 aromatic heterocycles. The van der Waals surface area contributed by atoms with Crippen LogP contribution in [0.2, 0.25) is 5.02 Å². The summed E-state index contributed by atoms with van der Waals surface area (Å²) in [5.41, 5.74) is 7.64. The molecule has 0 unspecified atom stereocenters. The first kappa shape index (κ1) is 37.4. The molecule has 0 spiro atoms. The standard InChI is InChI=1S/C44H47ClN4O4/c1-32-5-7-36(8-6-32)31-52-40-18-19-42(46-29-40)53-44-33(2)27-37(28-41(44)45)13-20-43(50)49-24-22-48(23-25-49)30-35-11-9-34(10-12-35)21-26-51-39-16-14-38(15-17-39)47(3)4/h5-20,27-29H,21-26,30-31H2,1-4H3/b20-13+. The predicted octanol–water partition coefficient (Wildman–Crippen LogP) is 8.77. The second-order valence-corrected chi connectivity index (χ2v) is 14.0. The van der Waals surface area contributed by atoms with Gasteiger partial charge in [0.05, 0.1) is 17.8 Å². The van der Waals surface area contributed by atoms with Gasteiger partial charge in [-0.1, -0.05) is 65.7 Å². The van der Waals surface area contributed by atoms with Crippen LogP contribution in [0.4, 0.5) is 5.69 Å². The molecular weight excluding hydrogens is 684 g/mol. The summed E-state index contributed by atoms with van der Waals surface area (Å²) >= 11 is 6.64. The molecule has 53 heavy (non-hydrogen) atoms. The van der Waals surface area contributed by atoms with Crippen molar-refractivity contribution in [1.29, 1.82) is 0 Å². The van der Waals surface area contributed by atoms with Crippen LogP contribution in [0.25, 0.3) is 6.08 Å². The molecule has 0 radical (unpaired) electrons. The van der Waals surface area contributed by atoms with E-state index in [2.05, 4.69) is 82.4 Å². The molecule has 9 heteroatoms. The molecule has 2 heterocycles. The van der Waals surface area contributed by atoms with Gasteiger partial charge in [-0.2, -0.15) is 0 Å². The molecule has 1 fully saturated rings. The maximum Gasteiger partial charge on any atom is 0.246 e. The number of piperazine rings is 1. The number of aryl methyl sites for hydroxylation is 2. The Hall–Kier alpha value is -5.31. The van der Waals surface area contributed by atoms with Gasteiger partial charge in [0.1, 0.15) is 18.1 Å². The molecule has 8 nitrogen and oxygen atoms in total. The molecule has 0 bridgehead atoms. The van der Waals surface area contributed by atoms with Crippen LogP contribution >= 0.6 is 11.6 Å². The zero-order valence-corrected chi connectivity index (χ0v) is 31.7. The Bertz CT molecular complexity index is 1950. The largest absolute Gasteiger partial charge is 0.493 e. The maximum atomic E-state index is 13.1. The Morgan fingerprint density at radius 1 is 0.811 bits per heavy atom. The summed E-state index contributed by atoms with van der Waals surface area (Å²) in [6.45, 7) is 8.96. The van der Waals surface area contributed by atoms with Gasteiger partial charge in [-0.15, -0.1) is 0 Å². The van der Waals surface area contributed by atoms with Crippen LogP contribution < -0.4 is 19.1 Å². The number of carbonyl (C=O) groups is 1. The highest BCUT2D eigenvalue weighted by Gasteiger charge is 2.20. The van der Waals surface area contributed by atoms with Gasteiger partial charge in [0, 0.05) is 71.1 Å². The Kier molecular flexibility index (Phi) is 12.7. The second-order valence-electron chi connectivity index (χ2n) is 13.6. The third kappa shape index (κ3) is 10.9.